The smallest absolute Gasteiger partial charge is 0.235 e. The predicted molar refractivity (Wildman–Crippen MR) is 135 cm³/mol. The zero-order valence-electron chi connectivity index (χ0n) is 18.9. The van der Waals surface area contributed by atoms with E-state index in [-0.39, 0.29) is 5.41 Å². The zero-order valence-corrected chi connectivity index (χ0v) is 18.9. The normalized spacial score (nSPS) is 13.8. The van der Waals surface area contributed by atoms with Gasteiger partial charge in [0.2, 0.25) is 5.95 Å². The molecule has 3 aromatic heterocycles. The zero-order chi connectivity index (χ0) is 22.9. The second kappa shape index (κ2) is 6.81. The van der Waals surface area contributed by atoms with E-state index >= 15 is 0 Å². The minimum atomic E-state index is -0.204. The topological polar surface area (TPSA) is 56.5 Å². The predicted octanol–water partition coefficient (Wildman–Crippen LogP) is 6.34. The van der Waals surface area contributed by atoms with Crippen molar-refractivity contribution in [3.8, 4) is 28.5 Å². The van der Waals surface area contributed by atoms with Crippen molar-refractivity contribution in [2.24, 2.45) is 0 Å². The third-order valence-corrected chi connectivity index (χ3v) is 6.96. The molecule has 162 valence electrons. The van der Waals surface area contributed by atoms with Crippen LogP contribution in [0, 0.1) is 0 Å². The van der Waals surface area contributed by atoms with Gasteiger partial charge >= 0.3 is 0 Å². The molecule has 5 nitrogen and oxygen atoms in total. The van der Waals surface area contributed by atoms with Crippen LogP contribution in [-0.2, 0) is 5.41 Å². The van der Waals surface area contributed by atoms with Gasteiger partial charge in [0.05, 0.1) is 28.6 Å². The average molecular weight is 440 g/mol. The highest BCUT2D eigenvalue weighted by Gasteiger charge is 2.41. The summed E-state index contributed by atoms with van der Waals surface area (Å²) in [6.45, 7) is 4.51. The molecule has 0 atom stereocenters. The van der Waals surface area contributed by atoms with E-state index in [0.717, 1.165) is 38.9 Å². The SMILES string of the molecule is CC1(C)c2ccccc2-c2c1c1nnccc1n2-c1nc(-c2ccccc2)c2ccccc2n1. The van der Waals surface area contributed by atoms with Crippen LogP contribution in [0.5, 0.6) is 0 Å². The standard InChI is InChI=1S/C29H21N5/c1-29(2)21-14-8-6-12-19(21)27-24(29)26-23(16-17-30-33-26)34(27)28-31-22-15-9-7-13-20(22)25(32-28)18-10-4-3-5-11-18/h3-17H,1-2H3. The van der Waals surface area contributed by atoms with Crippen molar-refractivity contribution in [2.75, 3.05) is 0 Å². The Kier molecular flexibility index (Phi) is 3.83. The molecule has 0 aliphatic heterocycles. The van der Waals surface area contributed by atoms with E-state index in [1.54, 1.807) is 6.20 Å². The average Bonchev–Trinajstić information content (AvgIpc) is 3.35. The number of para-hydroxylation sites is 1. The molecule has 6 aromatic rings. The van der Waals surface area contributed by atoms with Crippen LogP contribution >= 0.6 is 0 Å². The second-order valence-corrected chi connectivity index (χ2v) is 9.25. The van der Waals surface area contributed by atoms with Crippen molar-refractivity contribution in [2.45, 2.75) is 19.3 Å². The van der Waals surface area contributed by atoms with Crippen LogP contribution in [0.2, 0.25) is 0 Å². The van der Waals surface area contributed by atoms with Gasteiger partial charge < -0.3 is 0 Å². The molecule has 0 unspecified atom stereocenters. The number of fused-ring (bicyclic) bond motifs is 6. The van der Waals surface area contributed by atoms with Crippen LogP contribution in [0.1, 0.15) is 25.0 Å². The summed E-state index contributed by atoms with van der Waals surface area (Å²) in [4.78, 5) is 10.2. The molecule has 0 bridgehead atoms. The van der Waals surface area contributed by atoms with Gasteiger partial charge in [0.1, 0.15) is 5.52 Å². The Hall–Kier alpha value is -4.38. The fourth-order valence-electron chi connectivity index (χ4n) is 5.43. The molecule has 0 fully saturated rings. The van der Waals surface area contributed by atoms with Gasteiger partial charge in [-0.1, -0.05) is 86.6 Å². The van der Waals surface area contributed by atoms with Crippen molar-refractivity contribution >= 4 is 21.9 Å². The van der Waals surface area contributed by atoms with Crippen LogP contribution in [0.25, 0.3) is 50.4 Å². The summed E-state index contributed by atoms with van der Waals surface area (Å²) in [6, 6.07) is 29.1. The van der Waals surface area contributed by atoms with Gasteiger partial charge in [-0.05, 0) is 17.7 Å². The molecule has 0 spiro atoms. The summed E-state index contributed by atoms with van der Waals surface area (Å²) < 4.78 is 2.17. The van der Waals surface area contributed by atoms with E-state index in [1.807, 2.05) is 36.4 Å². The molecule has 1 aliphatic rings. The summed E-state index contributed by atoms with van der Waals surface area (Å²) in [7, 11) is 0. The molecule has 1 aliphatic carbocycles. The van der Waals surface area contributed by atoms with E-state index in [9.17, 15) is 0 Å². The quantitative estimate of drug-likeness (QED) is 0.316. The van der Waals surface area contributed by atoms with Crippen molar-refractivity contribution in [3.05, 3.63) is 102 Å². The number of benzene rings is 3. The molecule has 34 heavy (non-hydrogen) atoms. The molecular formula is C29H21N5. The lowest BCUT2D eigenvalue weighted by Crippen LogP contribution is -2.15. The maximum Gasteiger partial charge on any atom is 0.235 e. The highest BCUT2D eigenvalue weighted by atomic mass is 15.2. The fraction of sp³-hybridized carbons (Fsp3) is 0.103. The third kappa shape index (κ3) is 2.49. The summed E-state index contributed by atoms with van der Waals surface area (Å²) >= 11 is 0. The maximum absolute atomic E-state index is 5.17. The summed E-state index contributed by atoms with van der Waals surface area (Å²) in [5.74, 6) is 0.643. The lowest BCUT2D eigenvalue weighted by atomic mass is 9.82. The maximum atomic E-state index is 5.17. The summed E-state index contributed by atoms with van der Waals surface area (Å²) in [5, 5.41) is 9.86. The monoisotopic (exact) mass is 439 g/mol. The molecular weight excluding hydrogens is 418 g/mol. The molecule has 7 rings (SSSR count). The lowest BCUT2D eigenvalue weighted by molar-refractivity contribution is 0.664. The first-order valence-electron chi connectivity index (χ1n) is 11.4. The molecule has 0 saturated heterocycles. The van der Waals surface area contributed by atoms with E-state index in [1.165, 1.54) is 16.7 Å². The summed E-state index contributed by atoms with van der Waals surface area (Å²) in [6.07, 6.45) is 1.74. The number of aromatic nitrogens is 5. The van der Waals surface area contributed by atoms with Crippen molar-refractivity contribution in [1.82, 2.24) is 24.7 Å². The van der Waals surface area contributed by atoms with E-state index < -0.39 is 0 Å². The van der Waals surface area contributed by atoms with Crippen LogP contribution < -0.4 is 0 Å². The minimum absolute atomic E-state index is 0.204. The minimum Gasteiger partial charge on any atom is -0.276 e. The first-order chi connectivity index (χ1) is 16.6. The Bertz CT molecular complexity index is 1730. The number of hydrogen-bond donors (Lipinski definition) is 0. The van der Waals surface area contributed by atoms with Crippen LogP contribution in [0.15, 0.2) is 91.1 Å². The highest BCUT2D eigenvalue weighted by Crippen LogP contribution is 2.52. The van der Waals surface area contributed by atoms with Gasteiger partial charge in [0.15, 0.2) is 0 Å². The molecule has 0 saturated carbocycles. The van der Waals surface area contributed by atoms with Crippen molar-refractivity contribution in [1.29, 1.82) is 0 Å². The van der Waals surface area contributed by atoms with E-state index in [2.05, 4.69) is 77.1 Å². The van der Waals surface area contributed by atoms with Gasteiger partial charge in [-0.25, -0.2) is 9.97 Å². The van der Waals surface area contributed by atoms with Gasteiger partial charge in [0, 0.05) is 27.5 Å². The van der Waals surface area contributed by atoms with Crippen molar-refractivity contribution < 1.29 is 0 Å². The van der Waals surface area contributed by atoms with Crippen LogP contribution in [0.3, 0.4) is 0 Å². The van der Waals surface area contributed by atoms with Crippen LogP contribution in [0.4, 0.5) is 0 Å². The van der Waals surface area contributed by atoms with Gasteiger partial charge in [-0.15, -0.1) is 5.10 Å². The van der Waals surface area contributed by atoms with Gasteiger partial charge in [-0.3, -0.25) is 4.57 Å². The first-order valence-corrected chi connectivity index (χ1v) is 11.4. The molecule has 0 radical (unpaired) electrons. The Balaban J connectivity index is 1.63. The number of nitrogens with zero attached hydrogens (tertiary/aromatic N) is 5. The Morgan fingerprint density at radius 1 is 0.765 bits per heavy atom. The number of hydrogen-bond acceptors (Lipinski definition) is 4. The van der Waals surface area contributed by atoms with E-state index in [4.69, 9.17) is 9.97 Å². The Morgan fingerprint density at radius 2 is 1.53 bits per heavy atom. The van der Waals surface area contributed by atoms with Gasteiger partial charge in [-0.2, -0.15) is 5.10 Å². The van der Waals surface area contributed by atoms with Crippen LogP contribution in [-0.4, -0.2) is 24.7 Å². The lowest BCUT2D eigenvalue weighted by Gasteiger charge is -2.20. The van der Waals surface area contributed by atoms with Crippen molar-refractivity contribution in [3.63, 3.8) is 0 Å². The molecule has 3 heterocycles. The number of rotatable bonds is 2. The fourth-order valence-corrected chi connectivity index (χ4v) is 5.43. The molecule has 0 amide bonds. The third-order valence-electron chi connectivity index (χ3n) is 6.96. The first kappa shape index (κ1) is 19.1. The second-order valence-electron chi connectivity index (χ2n) is 9.25. The highest BCUT2D eigenvalue weighted by molar-refractivity contribution is 5.97. The Labute approximate surface area is 196 Å². The Morgan fingerprint density at radius 3 is 2.41 bits per heavy atom. The molecule has 0 N–H and O–H groups in total. The molecule has 3 aromatic carbocycles. The summed E-state index contributed by atoms with van der Waals surface area (Å²) in [5.41, 5.74) is 9.32. The van der Waals surface area contributed by atoms with E-state index in [0.29, 0.717) is 5.95 Å². The largest absolute Gasteiger partial charge is 0.276 e. The molecule has 5 heteroatoms. The van der Waals surface area contributed by atoms with Gasteiger partial charge in [0.25, 0.3) is 0 Å².